The van der Waals surface area contributed by atoms with Gasteiger partial charge in [0.1, 0.15) is 5.82 Å². The molecule has 0 amide bonds. The first-order valence-electron chi connectivity index (χ1n) is 8.01. The average Bonchev–Trinajstić information content (AvgIpc) is 3.05. The fraction of sp³-hybridized carbons (Fsp3) is 0.158. The number of Topliss-reactive ketones (excluding diaryl/α,β-unsaturated/α-hetero) is 1. The number of rotatable bonds is 7. The van der Waals surface area contributed by atoms with E-state index in [-0.39, 0.29) is 11.6 Å². The molecule has 132 valence electrons. The largest absolute Gasteiger partial charge is 0.298 e. The predicted octanol–water partition coefficient (Wildman–Crippen LogP) is 4.03. The molecule has 3 aromatic rings. The summed E-state index contributed by atoms with van der Waals surface area (Å²) in [6.45, 7) is 6.10. The zero-order valence-electron chi connectivity index (χ0n) is 14.2. The highest BCUT2D eigenvalue weighted by atomic mass is 32.2. The van der Waals surface area contributed by atoms with Gasteiger partial charge in [0.25, 0.3) is 0 Å². The Morgan fingerprint density at radius 2 is 1.92 bits per heavy atom. The van der Waals surface area contributed by atoms with Crippen molar-refractivity contribution in [3.8, 4) is 11.4 Å². The van der Waals surface area contributed by atoms with E-state index in [1.165, 1.54) is 36.0 Å². The standard InChI is InChI=1S/C19H17FN4OS/c1-3-12-24-18(15-8-10-21-11-9-15)22-23-19(24)26-13(2)17(25)14-4-6-16(20)7-5-14/h3-11,13H,1,12H2,2H3/t13-/m0/s1. The number of carbonyl (C=O) groups is 1. The van der Waals surface area contributed by atoms with Crippen molar-refractivity contribution in [1.29, 1.82) is 0 Å². The summed E-state index contributed by atoms with van der Waals surface area (Å²) in [5, 5.41) is 8.73. The molecule has 0 aliphatic heterocycles. The quantitative estimate of drug-likeness (QED) is 0.358. The molecule has 0 radical (unpaired) electrons. The van der Waals surface area contributed by atoms with Gasteiger partial charge >= 0.3 is 0 Å². The van der Waals surface area contributed by atoms with Gasteiger partial charge < -0.3 is 0 Å². The third-order valence-electron chi connectivity index (χ3n) is 3.75. The smallest absolute Gasteiger partial charge is 0.192 e. The number of benzene rings is 1. The summed E-state index contributed by atoms with van der Waals surface area (Å²) in [4.78, 5) is 16.6. The summed E-state index contributed by atoms with van der Waals surface area (Å²) in [7, 11) is 0. The van der Waals surface area contributed by atoms with Gasteiger partial charge in [-0.1, -0.05) is 17.8 Å². The maximum absolute atomic E-state index is 13.0. The molecule has 0 saturated carbocycles. The monoisotopic (exact) mass is 368 g/mol. The molecule has 0 fully saturated rings. The third-order valence-corrected chi connectivity index (χ3v) is 4.83. The molecule has 0 aliphatic rings. The lowest BCUT2D eigenvalue weighted by atomic mass is 10.1. The van der Waals surface area contributed by atoms with Crippen molar-refractivity contribution >= 4 is 17.5 Å². The highest BCUT2D eigenvalue weighted by molar-refractivity contribution is 8.00. The molecular weight excluding hydrogens is 351 g/mol. The molecule has 1 aromatic carbocycles. The van der Waals surface area contributed by atoms with Crippen LogP contribution in [0.25, 0.3) is 11.4 Å². The highest BCUT2D eigenvalue weighted by Gasteiger charge is 2.21. The molecule has 0 aliphatic carbocycles. The van der Waals surface area contributed by atoms with Crippen molar-refractivity contribution in [2.75, 3.05) is 0 Å². The Balaban J connectivity index is 1.85. The van der Waals surface area contributed by atoms with E-state index >= 15 is 0 Å². The van der Waals surface area contributed by atoms with Crippen LogP contribution in [-0.4, -0.2) is 30.8 Å². The van der Waals surface area contributed by atoms with Crippen LogP contribution in [0.3, 0.4) is 0 Å². The molecule has 2 heterocycles. The van der Waals surface area contributed by atoms with Gasteiger partial charge in [0.2, 0.25) is 0 Å². The Hall–Kier alpha value is -2.80. The lowest BCUT2D eigenvalue weighted by molar-refractivity contribution is 0.0994. The molecule has 5 nitrogen and oxygen atoms in total. The fourth-order valence-corrected chi connectivity index (χ4v) is 3.38. The number of halogens is 1. The third kappa shape index (κ3) is 3.88. The number of ketones is 1. The first-order valence-corrected chi connectivity index (χ1v) is 8.89. The second kappa shape index (κ2) is 8.05. The Bertz CT molecular complexity index is 909. The van der Waals surface area contributed by atoms with Crippen LogP contribution in [0.1, 0.15) is 17.3 Å². The second-order valence-electron chi connectivity index (χ2n) is 5.57. The molecule has 1 atom stereocenters. The van der Waals surface area contributed by atoms with Gasteiger partial charge in [0, 0.05) is 30.1 Å². The fourth-order valence-electron chi connectivity index (χ4n) is 2.44. The highest BCUT2D eigenvalue weighted by Crippen LogP contribution is 2.28. The van der Waals surface area contributed by atoms with Gasteiger partial charge in [-0.2, -0.15) is 0 Å². The molecule has 0 bridgehead atoms. The summed E-state index contributed by atoms with van der Waals surface area (Å²) in [5.74, 6) is 0.236. The number of hydrogen-bond donors (Lipinski definition) is 0. The number of carbonyl (C=O) groups excluding carboxylic acids is 1. The SMILES string of the molecule is C=CCn1c(S[C@@H](C)C(=O)c2ccc(F)cc2)nnc1-c1ccncc1. The summed E-state index contributed by atoms with van der Waals surface area (Å²) in [6, 6.07) is 9.26. The molecule has 3 rings (SSSR count). The van der Waals surface area contributed by atoms with E-state index in [1.54, 1.807) is 25.4 Å². The lowest BCUT2D eigenvalue weighted by Gasteiger charge is -2.12. The van der Waals surface area contributed by atoms with Crippen molar-refractivity contribution in [2.45, 2.75) is 23.9 Å². The first kappa shape index (κ1) is 18.0. The van der Waals surface area contributed by atoms with E-state index in [4.69, 9.17) is 0 Å². The Labute approximate surface area is 155 Å². The van der Waals surface area contributed by atoms with Crippen molar-refractivity contribution in [3.05, 3.63) is 72.8 Å². The van der Waals surface area contributed by atoms with E-state index in [1.807, 2.05) is 16.7 Å². The molecule has 0 saturated heterocycles. The number of pyridine rings is 1. The minimum Gasteiger partial charge on any atom is -0.298 e. The van der Waals surface area contributed by atoms with Gasteiger partial charge in [0.05, 0.1) is 5.25 Å². The number of aromatic nitrogens is 4. The zero-order valence-corrected chi connectivity index (χ0v) is 15.0. The minimum atomic E-state index is -0.390. The van der Waals surface area contributed by atoms with E-state index in [0.29, 0.717) is 23.1 Å². The van der Waals surface area contributed by atoms with Crippen molar-refractivity contribution in [1.82, 2.24) is 19.7 Å². The van der Waals surface area contributed by atoms with Gasteiger partial charge in [0.15, 0.2) is 16.8 Å². The van der Waals surface area contributed by atoms with Gasteiger partial charge in [-0.25, -0.2) is 4.39 Å². The van der Waals surface area contributed by atoms with Crippen molar-refractivity contribution in [3.63, 3.8) is 0 Å². The Morgan fingerprint density at radius 3 is 2.58 bits per heavy atom. The molecular formula is C19H17FN4OS. The van der Waals surface area contributed by atoms with Gasteiger partial charge in [-0.05, 0) is 43.3 Å². The Morgan fingerprint density at radius 1 is 1.23 bits per heavy atom. The number of nitrogens with zero attached hydrogens (tertiary/aromatic N) is 4. The summed E-state index contributed by atoms with van der Waals surface area (Å²) >= 11 is 1.32. The molecule has 0 N–H and O–H groups in total. The zero-order chi connectivity index (χ0) is 18.5. The molecule has 0 spiro atoms. The second-order valence-corrected chi connectivity index (χ2v) is 6.88. The average molecular weight is 368 g/mol. The molecule has 26 heavy (non-hydrogen) atoms. The van der Waals surface area contributed by atoms with Crippen LogP contribution in [0.2, 0.25) is 0 Å². The van der Waals surface area contributed by atoms with Crippen LogP contribution in [0.15, 0.2) is 66.6 Å². The summed E-state index contributed by atoms with van der Waals surface area (Å²) in [5.41, 5.74) is 1.36. The van der Waals surface area contributed by atoms with Crippen LogP contribution in [0.4, 0.5) is 4.39 Å². The maximum Gasteiger partial charge on any atom is 0.192 e. The van der Waals surface area contributed by atoms with Gasteiger partial charge in [-0.15, -0.1) is 16.8 Å². The van der Waals surface area contributed by atoms with E-state index < -0.39 is 5.25 Å². The summed E-state index contributed by atoms with van der Waals surface area (Å²) in [6.07, 6.45) is 5.14. The van der Waals surface area contributed by atoms with E-state index in [2.05, 4.69) is 21.8 Å². The Kier molecular flexibility index (Phi) is 5.58. The van der Waals surface area contributed by atoms with Crippen LogP contribution in [-0.2, 0) is 6.54 Å². The minimum absolute atomic E-state index is 0.0892. The number of thioether (sulfide) groups is 1. The van der Waals surface area contributed by atoms with E-state index in [0.717, 1.165) is 5.56 Å². The van der Waals surface area contributed by atoms with Gasteiger partial charge in [-0.3, -0.25) is 14.3 Å². The molecule has 2 aromatic heterocycles. The molecule has 0 unspecified atom stereocenters. The summed E-state index contributed by atoms with van der Waals surface area (Å²) < 4.78 is 15.0. The topological polar surface area (TPSA) is 60.7 Å². The van der Waals surface area contributed by atoms with Crippen LogP contribution >= 0.6 is 11.8 Å². The number of allylic oxidation sites excluding steroid dienone is 1. The van der Waals surface area contributed by atoms with Crippen LogP contribution < -0.4 is 0 Å². The van der Waals surface area contributed by atoms with Crippen LogP contribution in [0.5, 0.6) is 0 Å². The first-order chi connectivity index (χ1) is 12.6. The lowest BCUT2D eigenvalue weighted by Crippen LogP contribution is -2.15. The normalized spacial score (nSPS) is 11.9. The van der Waals surface area contributed by atoms with Crippen molar-refractivity contribution < 1.29 is 9.18 Å². The van der Waals surface area contributed by atoms with Crippen LogP contribution in [0, 0.1) is 5.82 Å². The van der Waals surface area contributed by atoms with E-state index in [9.17, 15) is 9.18 Å². The molecule has 7 heteroatoms. The maximum atomic E-state index is 13.0. The number of hydrogen-bond acceptors (Lipinski definition) is 5. The van der Waals surface area contributed by atoms with Crippen molar-refractivity contribution in [2.24, 2.45) is 0 Å². The predicted molar refractivity (Wildman–Crippen MR) is 99.5 cm³/mol.